The molecule has 0 bridgehead atoms. The molecular weight excluding hydrogens is 470 g/mol. The summed E-state index contributed by atoms with van der Waals surface area (Å²) in [6.45, 7) is 20.0. The Kier molecular flexibility index (Phi) is 12.7. The second-order valence-electron chi connectivity index (χ2n) is 7.58. The molecule has 0 aliphatic carbocycles. The molecule has 0 spiro atoms. The van der Waals surface area contributed by atoms with Gasteiger partial charge in [-0.05, 0) is 13.0 Å². The second-order valence-corrected chi connectivity index (χ2v) is 8.00. The van der Waals surface area contributed by atoms with Crippen LogP contribution in [0.25, 0.3) is 22.5 Å². The number of nitrogens with zero attached hydrogens (tertiary/aromatic N) is 4. The fourth-order valence-electron chi connectivity index (χ4n) is 3.62. The van der Waals surface area contributed by atoms with Crippen LogP contribution in [0.3, 0.4) is 0 Å². The minimum Gasteiger partial charge on any atom is -0.379 e. The van der Waals surface area contributed by atoms with Crippen LogP contribution in [0, 0.1) is 0 Å². The molecule has 0 unspecified atom stereocenters. The first kappa shape index (κ1) is 29.0. The molecule has 1 aliphatic heterocycles. The number of nitrogens with one attached hydrogen (secondary N) is 1. The highest BCUT2D eigenvalue weighted by Crippen LogP contribution is 2.24. The van der Waals surface area contributed by atoms with Gasteiger partial charge in [0.05, 0.1) is 18.8 Å². The fourth-order valence-corrected chi connectivity index (χ4v) is 3.90. The van der Waals surface area contributed by atoms with Crippen molar-refractivity contribution in [2.45, 2.75) is 25.3 Å². The maximum absolute atomic E-state index is 12.8. The lowest BCUT2D eigenvalue weighted by atomic mass is 10.1. The maximum atomic E-state index is 12.8. The molecule has 1 saturated heterocycles. The minimum atomic E-state index is -0.271. The van der Waals surface area contributed by atoms with Crippen molar-refractivity contribution < 1.29 is 4.74 Å². The van der Waals surface area contributed by atoms with E-state index in [1.807, 2.05) is 50.3 Å². The van der Waals surface area contributed by atoms with Crippen molar-refractivity contribution in [2.24, 2.45) is 0 Å². The van der Waals surface area contributed by atoms with E-state index in [-0.39, 0.29) is 5.56 Å². The topological polar surface area (TPSA) is 71.8 Å². The number of aromatic nitrogens is 3. The summed E-state index contributed by atoms with van der Waals surface area (Å²) in [5.74, 6) is 0.677. The number of fused-ring (bicyclic) bond motifs is 3. The maximum Gasteiger partial charge on any atom is 0.282 e. The number of ether oxygens (including phenoxy) is 1. The van der Waals surface area contributed by atoms with Gasteiger partial charge < -0.3 is 10.1 Å². The van der Waals surface area contributed by atoms with Crippen molar-refractivity contribution in [3.05, 3.63) is 84.2 Å². The van der Waals surface area contributed by atoms with Crippen molar-refractivity contribution >= 4 is 40.9 Å². The van der Waals surface area contributed by atoms with E-state index >= 15 is 0 Å². The Bertz CT molecular complexity index is 1240. The highest BCUT2D eigenvalue weighted by atomic mass is 32.1. The summed E-state index contributed by atoms with van der Waals surface area (Å²) in [5, 5.41) is 10.1. The number of benzene rings is 1. The molecule has 1 aromatic carbocycles. The first-order valence-corrected chi connectivity index (χ1v) is 12.7. The number of anilines is 1. The molecule has 7 nitrogen and oxygen atoms in total. The first-order valence-electron chi connectivity index (χ1n) is 12.2. The summed E-state index contributed by atoms with van der Waals surface area (Å²) >= 11 is 4.34. The molecule has 1 aliphatic rings. The first-order chi connectivity index (χ1) is 17.6. The van der Waals surface area contributed by atoms with Gasteiger partial charge in [-0.2, -0.15) is 4.52 Å². The third-order valence-corrected chi connectivity index (χ3v) is 5.67. The Balaban J connectivity index is 0.000000502. The third-order valence-electron chi connectivity index (χ3n) is 5.33. The van der Waals surface area contributed by atoms with Crippen LogP contribution in [0.2, 0.25) is 0 Å². The van der Waals surface area contributed by atoms with Gasteiger partial charge in [0.1, 0.15) is 5.03 Å². The summed E-state index contributed by atoms with van der Waals surface area (Å²) < 4.78 is 6.72. The predicted octanol–water partition coefficient (Wildman–Crippen LogP) is 5.25. The highest BCUT2D eigenvalue weighted by Gasteiger charge is 2.15. The quantitative estimate of drug-likeness (QED) is 0.143. The molecule has 2 aromatic heterocycles. The van der Waals surface area contributed by atoms with Crippen molar-refractivity contribution in [1.82, 2.24) is 19.5 Å². The van der Waals surface area contributed by atoms with E-state index in [1.165, 1.54) is 10.6 Å². The highest BCUT2D eigenvalue weighted by molar-refractivity contribution is 7.80. The van der Waals surface area contributed by atoms with Gasteiger partial charge >= 0.3 is 0 Å². The molecule has 0 amide bonds. The van der Waals surface area contributed by atoms with Crippen LogP contribution in [-0.4, -0.2) is 58.9 Å². The molecule has 4 rings (SSSR count). The third kappa shape index (κ3) is 7.65. The average molecular weight is 508 g/mol. The smallest absolute Gasteiger partial charge is 0.282 e. The molecule has 0 radical (unpaired) electrons. The van der Waals surface area contributed by atoms with Crippen LogP contribution in [-0.2, 0) is 4.74 Å². The summed E-state index contributed by atoms with van der Waals surface area (Å²) in [6.07, 6.45) is 9.52. The number of morpholine rings is 1. The van der Waals surface area contributed by atoms with Crippen LogP contribution in [0.1, 0.15) is 25.8 Å². The molecule has 1 fully saturated rings. The standard InChI is InChI=1S/C20H23N5O2S.C6H8.C2H6/c1-2-14-19(28)22-18-16-7-4-3-6-15(16)17(23-25(18)20(14)26)21-8-5-9-24-10-12-27-13-11-24;1-3-5-6-4-2;1-2/h2-4,6-7,28H,1,5,8-13H2,(H,21,23);3-6H,1-2H2;1-2H3/b;6-5-;. The zero-order chi connectivity index (χ0) is 26.3. The van der Waals surface area contributed by atoms with Gasteiger partial charge in [0.2, 0.25) is 0 Å². The normalized spacial score (nSPS) is 13.4. The van der Waals surface area contributed by atoms with Crippen molar-refractivity contribution in [3.8, 4) is 0 Å². The Hall–Kier alpha value is -3.20. The molecule has 36 heavy (non-hydrogen) atoms. The summed E-state index contributed by atoms with van der Waals surface area (Å²) in [6, 6.07) is 7.81. The SMILES string of the molecule is C=C/C=C\C=C.C=Cc1c(S)nc2c3ccccc3c(NCCCN3CCOCC3)nn2c1=O.CC. The molecular formula is C28H37N5O2S. The summed E-state index contributed by atoms with van der Waals surface area (Å²) in [5.41, 5.74) is 0.573. The van der Waals surface area contributed by atoms with E-state index in [4.69, 9.17) is 4.74 Å². The van der Waals surface area contributed by atoms with Crippen molar-refractivity contribution in [1.29, 1.82) is 0 Å². The number of allylic oxidation sites excluding steroid dienone is 4. The second kappa shape index (κ2) is 15.7. The molecule has 3 heterocycles. The lowest BCUT2D eigenvalue weighted by Gasteiger charge is -2.26. The van der Waals surface area contributed by atoms with Gasteiger partial charge in [-0.3, -0.25) is 9.69 Å². The minimum absolute atomic E-state index is 0.271. The fraction of sp³-hybridized carbons (Fsp3) is 0.321. The van der Waals surface area contributed by atoms with Gasteiger partial charge in [-0.1, -0.05) is 88.2 Å². The lowest BCUT2D eigenvalue weighted by Crippen LogP contribution is -2.37. The molecule has 0 saturated carbocycles. The van der Waals surface area contributed by atoms with Gasteiger partial charge in [0.15, 0.2) is 11.5 Å². The Labute approximate surface area is 219 Å². The summed E-state index contributed by atoms with van der Waals surface area (Å²) in [4.78, 5) is 19.7. The van der Waals surface area contributed by atoms with E-state index in [2.05, 4.69) is 52.7 Å². The molecule has 8 heteroatoms. The van der Waals surface area contributed by atoms with Gasteiger partial charge in [0, 0.05) is 30.4 Å². The van der Waals surface area contributed by atoms with Gasteiger partial charge in [0.25, 0.3) is 5.56 Å². The summed E-state index contributed by atoms with van der Waals surface area (Å²) in [7, 11) is 0. The molecule has 0 atom stereocenters. The molecule has 192 valence electrons. The van der Waals surface area contributed by atoms with Crippen LogP contribution < -0.4 is 10.9 Å². The number of rotatable bonds is 8. The van der Waals surface area contributed by atoms with Gasteiger partial charge in [-0.25, -0.2) is 4.98 Å². The zero-order valence-corrected chi connectivity index (χ0v) is 22.2. The van der Waals surface area contributed by atoms with E-state index in [1.54, 1.807) is 12.2 Å². The van der Waals surface area contributed by atoms with Gasteiger partial charge in [-0.15, -0.1) is 17.7 Å². The van der Waals surface area contributed by atoms with Crippen molar-refractivity contribution in [3.63, 3.8) is 0 Å². The Morgan fingerprint density at radius 2 is 1.72 bits per heavy atom. The number of thiol groups is 1. The molecule has 1 N–H and O–H groups in total. The lowest BCUT2D eigenvalue weighted by molar-refractivity contribution is 0.0378. The van der Waals surface area contributed by atoms with E-state index in [0.717, 1.165) is 56.6 Å². The Morgan fingerprint density at radius 1 is 1.08 bits per heavy atom. The zero-order valence-electron chi connectivity index (χ0n) is 21.3. The van der Waals surface area contributed by atoms with Crippen LogP contribution >= 0.6 is 12.6 Å². The predicted molar refractivity (Wildman–Crippen MR) is 155 cm³/mol. The monoisotopic (exact) mass is 507 g/mol. The van der Waals surface area contributed by atoms with E-state index in [0.29, 0.717) is 22.1 Å². The van der Waals surface area contributed by atoms with Crippen LogP contribution in [0.4, 0.5) is 5.82 Å². The molecule has 3 aromatic rings. The Morgan fingerprint density at radius 3 is 2.33 bits per heavy atom. The van der Waals surface area contributed by atoms with Crippen molar-refractivity contribution in [2.75, 3.05) is 44.7 Å². The number of hydrogen-bond donors (Lipinski definition) is 2. The number of hydrogen-bond acceptors (Lipinski definition) is 7. The average Bonchev–Trinajstić information content (AvgIpc) is 2.92. The van der Waals surface area contributed by atoms with E-state index < -0.39 is 0 Å². The largest absolute Gasteiger partial charge is 0.379 e. The van der Waals surface area contributed by atoms with Crippen LogP contribution in [0.15, 0.2) is 78.1 Å². The van der Waals surface area contributed by atoms with E-state index in [9.17, 15) is 4.79 Å². The van der Waals surface area contributed by atoms with Crippen LogP contribution in [0.5, 0.6) is 0 Å².